The highest BCUT2D eigenvalue weighted by Crippen LogP contribution is 2.23. The molecule has 1 aromatic carbocycles. The molecule has 0 heterocycles. The Labute approximate surface area is 82.1 Å². The van der Waals surface area contributed by atoms with Gasteiger partial charge in [0.05, 0.1) is 12.1 Å². The molecule has 0 spiro atoms. The molecule has 13 heavy (non-hydrogen) atoms. The van der Waals surface area contributed by atoms with Crippen LogP contribution in [0.15, 0.2) is 18.2 Å². The maximum absolute atomic E-state index is 9.16. The number of phenolic OH excluding ortho intramolecular Hbond substituents is 1. The van der Waals surface area contributed by atoms with E-state index in [9.17, 15) is 0 Å². The summed E-state index contributed by atoms with van der Waals surface area (Å²) in [5.74, 6) is 0.774. The van der Waals surface area contributed by atoms with E-state index in [0.717, 1.165) is 5.56 Å². The van der Waals surface area contributed by atoms with Crippen molar-refractivity contribution in [1.29, 1.82) is 0 Å². The van der Waals surface area contributed by atoms with Crippen molar-refractivity contribution in [1.82, 2.24) is 0 Å². The number of hydrogen-bond donors (Lipinski definition) is 2. The third-order valence-corrected chi connectivity index (χ3v) is 1.78. The number of nitrogens with two attached hydrogens (primary N) is 1. The van der Waals surface area contributed by atoms with Crippen LogP contribution in [-0.4, -0.2) is 17.2 Å². The maximum Gasteiger partial charge on any atom is 0.126 e. The molecule has 0 amide bonds. The number of thiocarbonyl (C=S) groups is 1. The largest absolute Gasteiger partial charge is 0.508 e. The zero-order valence-corrected chi connectivity index (χ0v) is 8.10. The monoisotopic (exact) mass is 197 g/mol. The Morgan fingerprint density at radius 1 is 1.62 bits per heavy atom. The Kier molecular flexibility index (Phi) is 3.08. The smallest absolute Gasteiger partial charge is 0.126 e. The minimum Gasteiger partial charge on any atom is -0.508 e. The van der Waals surface area contributed by atoms with E-state index in [2.05, 4.69) is 0 Å². The van der Waals surface area contributed by atoms with Crippen molar-refractivity contribution < 1.29 is 9.84 Å². The molecule has 0 aromatic heterocycles. The van der Waals surface area contributed by atoms with E-state index in [4.69, 9.17) is 27.8 Å². The molecule has 0 atom stereocenters. The Morgan fingerprint density at radius 2 is 2.31 bits per heavy atom. The molecule has 3 nitrogen and oxygen atoms in total. The summed E-state index contributed by atoms with van der Waals surface area (Å²) in [6, 6.07) is 4.86. The van der Waals surface area contributed by atoms with Crippen molar-refractivity contribution >= 4 is 17.2 Å². The predicted octanol–water partition coefficient (Wildman–Crippen LogP) is 1.23. The first-order valence-electron chi connectivity index (χ1n) is 3.77. The van der Waals surface area contributed by atoms with Crippen LogP contribution in [0.1, 0.15) is 5.56 Å². The fourth-order valence-electron chi connectivity index (χ4n) is 1.07. The second-order valence-electron chi connectivity index (χ2n) is 2.64. The van der Waals surface area contributed by atoms with E-state index < -0.39 is 0 Å². The molecule has 1 rings (SSSR count). The Bertz CT molecular complexity index is 325. The van der Waals surface area contributed by atoms with Crippen LogP contribution in [0.25, 0.3) is 0 Å². The van der Waals surface area contributed by atoms with Crippen LogP contribution in [0.2, 0.25) is 0 Å². The first-order chi connectivity index (χ1) is 6.13. The van der Waals surface area contributed by atoms with Gasteiger partial charge in [-0.15, -0.1) is 0 Å². The minimum atomic E-state index is 0.170. The number of ether oxygens (including phenoxy) is 1. The lowest BCUT2D eigenvalue weighted by molar-refractivity contribution is 0.404. The van der Waals surface area contributed by atoms with Gasteiger partial charge in [-0.3, -0.25) is 0 Å². The molecule has 0 fully saturated rings. The molecule has 0 aliphatic rings. The summed E-state index contributed by atoms with van der Waals surface area (Å²) in [6.07, 6.45) is 0.485. The van der Waals surface area contributed by atoms with Crippen LogP contribution in [0, 0.1) is 0 Å². The average Bonchev–Trinajstić information content (AvgIpc) is 2.07. The Morgan fingerprint density at radius 3 is 2.85 bits per heavy atom. The van der Waals surface area contributed by atoms with Gasteiger partial charge in [-0.05, 0) is 6.07 Å². The lowest BCUT2D eigenvalue weighted by atomic mass is 10.1. The normalized spacial score (nSPS) is 9.62. The van der Waals surface area contributed by atoms with Crippen LogP contribution >= 0.6 is 12.2 Å². The van der Waals surface area contributed by atoms with E-state index in [1.807, 2.05) is 0 Å². The molecular weight excluding hydrogens is 186 g/mol. The van der Waals surface area contributed by atoms with E-state index in [0.29, 0.717) is 17.2 Å². The number of benzene rings is 1. The number of hydrogen-bond acceptors (Lipinski definition) is 3. The predicted molar refractivity (Wildman–Crippen MR) is 55.1 cm³/mol. The van der Waals surface area contributed by atoms with Crippen LogP contribution in [0.5, 0.6) is 11.5 Å². The van der Waals surface area contributed by atoms with Gasteiger partial charge in [0.2, 0.25) is 0 Å². The molecular formula is C9H11NO2S. The Balaban J connectivity index is 2.99. The zero-order valence-electron chi connectivity index (χ0n) is 7.28. The van der Waals surface area contributed by atoms with Crippen molar-refractivity contribution in [2.24, 2.45) is 5.73 Å². The summed E-state index contributed by atoms with van der Waals surface area (Å²) in [5.41, 5.74) is 6.28. The van der Waals surface area contributed by atoms with Gasteiger partial charge in [-0.25, -0.2) is 0 Å². The molecule has 0 unspecified atom stereocenters. The second kappa shape index (κ2) is 4.09. The number of aromatic hydroxyl groups is 1. The van der Waals surface area contributed by atoms with E-state index >= 15 is 0 Å². The Hall–Kier alpha value is -1.29. The average molecular weight is 197 g/mol. The molecule has 0 saturated heterocycles. The van der Waals surface area contributed by atoms with E-state index in [1.165, 1.54) is 13.2 Å². The van der Waals surface area contributed by atoms with Crippen molar-refractivity contribution in [2.75, 3.05) is 7.11 Å². The third kappa shape index (κ3) is 2.59. The lowest BCUT2D eigenvalue weighted by Gasteiger charge is -2.07. The van der Waals surface area contributed by atoms with E-state index in [1.54, 1.807) is 12.1 Å². The van der Waals surface area contributed by atoms with Crippen LogP contribution < -0.4 is 10.5 Å². The van der Waals surface area contributed by atoms with Crippen molar-refractivity contribution in [2.45, 2.75) is 6.42 Å². The molecule has 0 radical (unpaired) electrons. The molecule has 3 N–H and O–H groups in total. The fourth-order valence-corrected chi connectivity index (χ4v) is 1.22. The summed E-state index contributed by atoms with van der Waals surface area (Å²) >= 11 is 4.78. The molecule has 0 aliphatic carbocycles. The highest BCUT2D eigenvalue weighted by molar-refractivity contribution is 7.80. The van der Waals surface area contributed by atoms with Gasteiger partial charge in [0.15, 0.2) is 0 Å². The van der Waals surface area contributed by atoms with Crippen molar-refractivity contribution in [3.05, 3.63) is 23.8 Å². The van der Waals surface area contributed by atoms with Gasteiger partial charge in [-0.1, -0.05) is 18.3 Å². The molecule has 70 valence electrons. The minimum absolute atomic E-state index is 0.170. The highest BCUT2D eigenvalue weighted by Gasteiger charge is 2.04. The summed E-state index contributed by atoms with van der Waals surface area (Å²) in [5, 5.41) is 9.16. The SMILES string of the molecule is COc1cc(O)ccc1CC(N)=S. The molecule has 0 saturated carbocycles. The second-order valence-corrected chi connectivity index (χ2v) is 3.16. The molecule has 1 aromatic rings. The highest BCUT2D eigenvalue weighted by atomic mass is 32.1. The van der Waals surface area contributed by atoms with Gasteiger partial charge >= 0.3 is 0 Å². The van der Waals surface area contributed by atoms with Crippen molar-refractivity contribution in [3.63, 3.8) is 0 Å². The summed E-state index contributed by atoms with van der Waals surface area (Å²) < 4.78 is 5.05. The fraction of sp³-hybridized carbons (Fsp3) is 0.222. The first-order valence-corrected chi connectivity index (χ1v) is 4.18. The molecule has 0 aliphatic heterocycles. The summed E-state index contributed by atoms with van der Waals surface area (Å²) in [7, 11) is 1.54. The lowest BCUT2D eigenvalue weighted by Crippen LogP contribution is -2.11. The van der Waals surface area contributed by atoms with Gasteiger partial charge in [0.1, 0.15) is 11.5 Å². The standard InChI is InChI=1S/C9H11NO2S/c1-12-8-5-7(11)3-2-6(8)4-9(10)13/h2-3,5,11H,4H2,1H3,(H2,10,13). The number of rotatable bonds is 3. The number of methoxy groups -OCH3 is 1. The van der Waals surface area contributed by atoms with Gasteiger partial charge in [0.25, 0.3) is 0 Å². The quantitative estimate of drug-likeness (QED) is 0.716. The summed E-state index contributed by atoms with van der Waals surface area (Å²) in [4.78, 5) is 0.406. The van der Waals surface area contributed by atoms with Crippen LogP contribution in [0.3, 0.4) is 0 Å². The van der Waals surface area contributed by atoms with Gasteiger partial charge < -0.3 is 15.6 Å². The van der Waals surface area contributed by atoms with Crippen LogP contribution in [-0.2, 0) is 6.42 Å². The molecule has 4 heteroatoms. The van der Waals surface area contributed by atoms with Crippen molar-refractivity contribution in [3.8, 4) is 11.5 Å². The summed E-state index contributed by atoms with van der Waals surface area (Å²) in [6.45, 7) is 0. The van der Waals surface area contributed by atoms with Gasteiger partial charge in [0, 0.05) is 18.1 Å². The zero-order chi connectivity index (χ0) is 9.84. The maximum atomic E-state index is 9.16. The van der Waals surface area contributed by atoms with Crippen LogP contribution in [0.4, 0.5) is 0 Å². The first kappa shape index (κ1) is 9.80. The topological polar surface area (TPSA) is 55.5 Å². The third-order valence-electron chi connectivity index (χ3n) is 1.64. The molecule has 0 bridgehead atoms. The van der Waals surface area contributed by atoms with E-state index in [-0.39, 0.29) is 5.75 Å². The van der Waals surface area contributed by atoms with Gasteiger partial charge in [-0.2, -0.15) is 0 Å². The number of phenols is 1.